The van der Waals surface area contributed by atoms with Gasteiger partial charge in [0.05, 0.1) is 0 Å². The Morgan fingerprint density at radius 1 is 0.974 bits per heavy atom. The highest BCUT2D eigenvalue weighted by molar-refractivity contribution is 5.91. The first-order valence-electron chi connectivity index (χ1n) is 13.3. The van der Waals surface area contributed by atoms with Crippen LogP contribution in [0, 0.1) is 26.7 Å². The molecule has 39 heavy (non-hydrogen) atoms. The zero-order valence-electron chi connectivity index (χ0n) is 24.3. The summed E-state index contributed by atoms with van der Waals surface area (Å²) in [6, 6.07) is 13.3. The Balaban J connectivity index is 2.14. The molecule has 0 aliphatic rings. The number of carboxylic acid groups (broad SMARTS) is 1. The summed E-state index contributed by atoms with van der Waals surface area (Å²) in [4.78, 5) is 29.5. The Morgan fingerprint density at radius 2 is 1.62 bits per heavy atom. The average Bonchev–Trinajstić information content (AvgIpc) is 2.82. The molecule has 1 heterocycles. The molecule has 7 nitrogen and oxygen atoms in total. The third-order valence-electron chi connectivity index (χ3n) is 6.18. The average molecular weight is 533 g/mol. The molecule has 0 aliphatic carbocycles. The first-order chi connectivity index (χ1) is 18.2. The van der Waals surface area contributed by atoms with Crippen molar-refractivity contribution in [1.29, 1.82) is 0 Å². The number of nitrogens with zero attached hydrogens (tertiary/aromatic N) is 1. The smallest absolute Gasteiger partial charge is 0.407 e. The second kappa shape index (κ2) is 12.3. The third-order valence-corrected chi connectivity index (χ3v) is 6.18. The first-order valence-corrected chi connectivity index (χ1v) is 13.3. The van der Waals surface area contributed by atoms with E-state index in [4.69, 9.17) is 14.5 Å². The number of aryl methyl sites for hydroxylation is 3. The zero-order chi connectivity index (χ0) is 28.9. The van der Waals surface area contributed by atoms with Crippen molar-refractivity contribution < 1.29 is 24.2 Å². The van der Waals surface area contributed by atoms with Crippen LogP contribution < -0.4 is 10.1 Å². The third kappa shape index (κ3) is 8.06. The molecule has 0 fully saturated rings. The fourth-order valence-corrected chi connectivity index (χ4v) is 4.40. The minimum absolute atomic E-state index is 0.112. The van der Waals surface area contributed by atoms with E-state index in [9.17, 15) is 14.7 Å². The van der Waals surface area contributed by atoms with Crippen molar-refractivity contribution in [3.8, 4) is 16.9 Å². The summed E-state index contributed by atoms with van der Waals surface area (Å²) in [7, 11) is 0. The number of nitrogens with one attached hydrogen (secondary N) is 1. The van der Waals surface area contributed by atoms with Crippen LogP contribution in [0.4, 0.5) is 4.79 Å². The van der Waals surface area contributed by atoms with Crippen LogP contribution in [0.15, 0.2) is 42.5 Å². The molecule has 3 aromatic rings. The van der Waals surface area contributed by atoms with Crippen LogP contribution in [0.1, 0.15) is 78.6 Å². The van der Waals surface area contributed by atoms with Crippen LogP contribution in [0.5, 0.6) is 5.75 Å². The number of aromatic nitrogens is 1. The normalized spacial score (nSPS) is 11.4. The largest absolute Gasteiger partial charge is 0.488 e. The van der Waals surface area contributed by atoms with Crippen LogP contribution in [0.2, 0.25) is 0 Å². The van der Waals surface area contributed by atoms with Gasteiger partial charge in [-0.15, -0.1) is 0 Å². The summed E-state index contributed by atoms with van der Waals surface area (Å²) in [5.74, 6) is -0.408. The molecule has 1 aromatic heterocycles. The molecular weight excluding hydrogens is 492 g/mol. The second-order valence-corrected chi connectivity index (χ2v) is 11.4. The number of hydrogen-bond donors (Lipinski definition) is 2. The van der Waals surface area contributed by atoms with Gasteiger partial charge in [0.1, 0.15) is 23.5 Å². The number of carbonyl (C=O) groups excluding carboxylic acids is 1. The Hall–Kier alpha value is -3.87. The van der Waals surface area contributed by atoms with Gasteiger partial charge < -0.3 is 19.9 Å². The summed E-state index contributed by atoms with van der Waals surface area (Å²) in [5, 5.41) is 12.6. The first kappa shape index (κ1) is 29.7. The molecule has 0 saturated heterocycles. The number of rotatable bonds is 9. The lowest BCUT2D eigenvalue weighted by Gasteiger charge is -2.24. The SMILES string of the molecule is Cc1ccc(-c2c(COc3ccc(C)cc3C(=O)O)c(C)nc(CC(C)C)c2CNC(=O)OC(C)(C)C)cc1. The molecule has 0 saturated carbocycles. The van der Waals surface area contributed by atoms with Crippen LogP contribution in [0.3, 0.4) is 0 Å². The summed E-state index contributed by atoms with van der Waals surface area (Å²) < 4.78 is 11.6. The maximum absolute atomic E-state index is 12.6. The van der Waals surface area contributed by atoms with E-state index in [-0.39, 0.29) is 18.7 Å². The number of aromatic carboxylic acids is 1. The molecule has 0 bridgehead atoms. The number of alkyl carbamates (subject to hydrolysis) is 1. The second-order valence-electron chi connectivity index (χ2n) is 11.4. The van der Waals surface area contributed by atoms with Gasteiger partial charge in [-0.25, -0.2) is 9.59 Å². The highest BCUT2D eigenvalue weighted by Gasteiger charge is 2.23. The molecule has 0 unspecified atom stereocenters. The van der Waals surface area contributed by atoms with Gasteiger partial charge in [0.2, 0.25) is 0 Å². The van der Waals surface area contributed by atoms with E-state index in [1.807, 2.05) is 59.7 Å². The standard InChI is InChI=1S/C32H40N2O5/c1-19(2)15-27-25(17-33-31(37)39-32(6,7)8)29(23-12-9-20(3)10-13-23)26(22(5)34-27)18-38-28-14-11-21(4)16-24(28)30(35)36/h9-14,16,19H,15,17-18H2,1-8H3,(H,33,37)(H,35,36). The van der Waals surface area contributed by atoms with Crippen molar-refractivity contribution in [3.63, 3.8) is 0 Å². The predicted molar refractivity (Wildman–Crippen MR) is 153 cm³/mol. The van der Waals surface area contributed by atoms with Crippen molar-refractivity contribution in [2.45, 2.75) is 80.6 Å². The minimum atomic E-state index is -1.04. The van der Waals surface area contributed by atoms with Gasteiger partial charge in [0.15, 0.2) is 0 Å². The van der Waals surface area contributed by atoms with Gasteiger partial charge in [0, 0.05) is 29.1 Å². The quantitative estimate of drug-likeness (QED) is 0.303. The zero-order valence-corrected chi connectivity index (χ0v) is 24.3. The summed E-state index contributed by atoms with van der Waals surface area (Å²) in [6.45, 7) is 15.9. The number of amides is 1. The highest BCUT2D eigenvalue weighted by atomic mass is 16.6. The van der Waals surface area contributed by atoms with Gasteiger partial charge in [-0.2, -0.15) is 0 Å². The number of ether oxygens (including phenoxy) is 2. The van der Waals surface area contributed by atoms with Crippen LogP contribution in [-0.4, -0.2) is 27.8 Å². The lowest BCUT2D eigenvalue weighted by atomic mass is 9.90. The molecule has 7 heteroatoms. The van der Waals surface area contributed by atoms with E-state index in [0.29, 0.717) is 11.7 Å². The highest BCUT2D eigenvalue weighted by Crippen LogP contribution is 2.34. The Bertz CT molecular complexity index is 1340. The number of hydrogen-bond acceptors (Lipinski definition) is 5. The van der Waals surface area contributed by atoms with E-state index in [1.165, 1.54) is 0 Å². The lowest BCUT2D eigenvalue weighted by molar-refractivity contribution is 0.0523. The molecule has 3 rings (SSSR count). The molecule has 1 amide bonds. The van der Waals surface area contributed by atoms with E-state index in [0.717, 1.165) is 51.2 Å². The van der Waals surface area contributed by atoms with E-state index in [1.54, 1.807) is 12.1 Å². The number of benzene rings is 2. The fraction of sp³-hybridized carbons (Fsp3) is 0.406. The number of pyridine rings is 1. The molecule has 208 valence electrons. The van der Waals surface area contributed by atoms with Crippen molar-refractivity contribution in [3.05, 3.63) is 81.7 Å². The van der Waals surface area contributed by atoms with Gasteiger partial charge in [-0.3, -0.25) is 4.98 Å². The van der Waals surface area contributed by atoms with Gasteiger partial charge in [-0.1, -0.05) is 55.3 Å². The Morgan fingerprint density at radius 3 is 2.21 bits per heavy atom. The topological polar surface area (TPSA) is 97.8 Å². The monoisotopic (exact) mass is 532 g/mol. The molecule has 0 aliphatic heterocycles. The van der Waals surface area contributed by atoms with Crippen LogP contribution in [-0.2, 0) is 24.3 Å². The van der Waals surface area contributed by atoms with E-state index < -0.39 is 17.7 Å². The molecule has 0 radical (unpaired) electrons. The van der Waals surface area contributed by atoms with Crippen molar-refractivity contribution in [1.82, 2.24) is 10.3 Å². The summed E-state index contributed by atoms with van der Waals surface area (Å²) in [5.41, 5.74) is 6.79. The molecule has 2 N–H and O–H groups in total. The van der Waals surface area contributed by atoms with Gasteiger partial charge in [-0.05, 0) is 77.1 Å². The molecule has 2 aromatic carbocycles. The van der Waals surface area contributed by atoms with Gasteiger partial charge >= 0.3 is 12.1 Å². The minimum Gasteiger partial charge on any atom is -0.488 e. The van der Waals surface area contributed by atoms with E-state index in [2.05, 4.69) is 31.3 Å². The number of carboxylic acids is 1. The van der Waals surface area contributed by atoms with Crippen molar-refractivity contribution in [2.75, 3.05) is 0 Å². The fourth-order valence-electron chi connectivity index (χ4n) is 4.40. The lowest BCUT2D eigenvalue weighted by Crippen LogP contribution is -2.32. The molecular formula is C32H40N2O5. The van der Waals surface area contributed by atoms with Crippen LogP contribution in [0.25, 0.3) is 11.1 Å². The van der Waals surface area contributed by atoms with E-state index >= 15 is 0 Å². The van der Waals surface area contributed by atoms with Crippen molar-refractivity contribution in [2.24, 2.45) is 5.92 Å². The predicted octanol–water partition coefficient (Wildman–Crippen LogP) is 7.17. The molecule has 0 atom stereocenters. The number of carbonyl (C=O) groups is 2. The Labute approximate surface area is 231 Å². The van der Waals surface area contributed by atoms with Gasteiger partial charge in [0.25, 0.3) is 0 Å². The van der Waals surface area contributed by atoms with Crippen LogP contribution >= 0.6 is 0 Å². The summed E-state index contributed by atoms with van der Waals surface area (Å²) in [6.07, 6.45) is 0.227. The Kier molecular flexibility index (Phi) is 9.38. The maximum Gasteiger partial charge on any atom is 0.407 e. The van der Waals surface area contributed by atoms with Crippen molar-refractivity contribution >= 4 is 12.1 Å². The maximum atomic E-state index is 12.6. The summed E-state index contributed by atoms with van der Waals surface area (Å²) >= 11 is 0. The molecule has 0 spiro atoms.